The molecule has 1 aromatic carbocycles. The van der Waals surface area contributed by atoms with E-state index in [9.17, 15) is 13.5 Å². The number of halogens is 1. The van der Waals surface area contributed by atoms with E-state index in [2.05, 4.69) is 10.1 Å². The van der Waals surface area contributed by atoms with Crippen LogP contribution in [0.3, 0.4) is 0 Å². The number of methoxy groups -OCH3 is 3. The molecule has 0 spiro atoms. The average Bonchev–Trinajstić information content (AvgIpc) is 3.47. The second kappa shape index (κ2) is 11.4. The summed E-state index contributed by atoms with van der Waals surface area (Å²) in [6.45, 7) is 3.35. The standard InChI is InChI=1S/C24H26ClN3O8S2/c1-6-35-24(34-5)28(23-18(25)13(2)27-36-23)38(30,31)21-14-9-8-12-26-22(14)37-20(21)19(29)17-15(32-3)10-7-11-16(17)33-4/h7-12,19,24,29H,6H2,1-5H3. The molecule has 0 amide bonds. The summed E-state index contributed by atoms with van der Waals surface area (Å²) < 4.78 is 57.1. The van der Waals surface area contributed by atoms with Crippen molar-refractivity contribution in [2.75, 3.05) is 32.2 Å². The van der Waals surface area contributed by atoms with E-state index >= 15 is 0 Å². The second-order valence-corrected chi connectivity index (χ2v) is 11.0. The van der Waals surface area contributed by atoms with Gasteiger partial charge in [-0.1, -0.05) is 22.8 Å². The Morgan fingerprint density at radius 1 is 1.16 bits per heavy atom. The second-order valence-electron chi connectivity index (χ2n) is 7.82. The molecule has 1 N–H and O–H groups in total. The van der Waals surface area contributed by atoms with E-state index in [0.717, 1.165) is 15.6 Å². The van der Waals surface area contributed by atoms with Gasteiger partial charge in [0.1, 0.15) is 38.0 Å². The lowest BCUT2D eigenvalue weighted by atomic mass is 10.0. The molecule has 204 valence electrons. The number of thiophene rings is 1. The smallest absolute Gasteiger partial charge is 0.272 e. The molecule has 0 bridgehead atoms. The van der Waals surface area contributed by atoms with Crippen LogP contribution in [0.1, 0.15) is 29.2 Å². The first-order chi connectivity index (χ1) is 18.2. The molecular formula is C24H26ClN3O8S2. The molecule has 4 aromatic rings. The Morgan fingerprint density at radius 3 is 2.39 bits per heavy atom. The Balaban J connectivity index is 2.03. The number of rotatable bonds is 11. The Hall–Kier alpha value is -2.94. The zero-order valence-corrected chi connectivity index (χ0v) is 23.6. The van der Waals surface area contributed by atoms with Crippen LogP contribution in [-0.2, 0) is 19.5 Å². The zero-order chi connectivity index (χ0) is 27.6. The maximum absolute atomic E-state index is 14.5. The third kappa shape index (κ3) is 4.81. The highest BCUT2D eigenvalue weighted by atomic mass is 35.5. The Bertz CT molecular complexity index is 1520. The van der Waals surface area contributed by atoms with Gasteiger partial charge >= 0.3 is 0 Å². The lowest BCUT2D eigenvalue weighted by Crippen LogP contribution is -2.43. The molecular weight excluding hydrogens is 558 g/mol. The molecule has 11 nitrogen and oxygen atoms in total. The molecule has 0 aliphatic heterocycles. The Labute approximate surface area is 228 Å². The number of hydrogen-bond donors (Lipinski definition) is 1. The zero-order valence-electron chi connectivity index (χ0n) is 21.2. The number of nitrogens with zero attached hydrogens (tertiary/aromatic N) is 3. The van der Waals surface area contributed by atoms with Gasteiger partial charge in [0.05, 0.1) is 24.7 Å². The van der Waals surface area contributed by atoms with Gasteiger partial charge in [-0.2, -0.15) is 4.31 Å². The van der Waals surface area contributed by atoms with Crippen molar-refractivity contribution >= 4 is 49.1 Å². The molecule has 0 saturated carbocycles. The van der Waals surface area contributed by atoms with Crippen LogP contribution in [-0.4, -0.2) is 58.0 Å². The molecule has 14 heteroatoms. The molecule has 0 fully saturated rings. The number of aryl methyl sites for hydroxylation is 1. The van der Waals surface area contributed by atoms with Gasteiger partial charge in [-0.25, -0.2) is 13.4 Å². The van der Waals surface area contributed by atoms with Gasteiger partial charge < -0.3 is 28.6 Å². The minimum atomic E-state index is -4.61. The summed E-state index contributed by atoms with van der Waals surface area (Å²) in [4.78, 5) is 4.53. The van der Waals surface area contributed by atoms with Gasteiger partial charge in [-0.15, -0.1) is 11.3 Å². The van der Waals surface area contributed by atoms with Crippen molar-refractivity contribution in [3.05, 3.63) is 57.7 Å². The van der Waals surface area contributed by atoms with Crippen molar-refractivity contribution in [1.82, 2.24) is 10.1 Å². The number of ether oxygens (including phenoxy) is 4. The number of aliphatic hydroxyl groups excluding tert-OH is 1. The van der Waals surface area contributed by atoms with E-state index in [1.54, 1.807) is 44.2 Å². The molecule has 3 aromatic heterocycles. The third-order valence-corrected chi connectivity index (χ3v) is 9.17. The number of aromatic nitrogens is 2. The monoisotopic (exact) mass is 583 g/mol. The summed E-state index contributed by atoms with van der Waals surface area (Å²) >= 11 is 7.41. The molecule has 4 rings (SSSR count). The van der Waals surface area contributed by atoms with Crippen molar-refractivity contribution in [3.8, 4) is 11.5 Å². The average molecular weight is 584 g/mol. The highest BCUT2D eigenvalue weighted by Gasteiger charge is 2.42. The first kappa shape index (κ1) is 28.1. The molecule has 0 radical (unpaired) electrons. The topological polar surface area (TPSA) is 133 Å². The van der Waals surface area contributed by atoms with Crippen molar-refractivity contribution in [1.29, 1.82) is 0 Å². The minimum Gasteiger partial charge on any atom is -0.496 e. The third-order valence-electron chi connectivity index (χ3n) is 5.63. The van der Waals surface area contributed by atoms with Gasteiger partial charge in [0, 0.05) is 25.3 Å². The normalized spacial score (nSPS) is 13.4. The lowest BCUT2D eigenvalue weighted by Gasteiger charge is -2.29. The molecule has 38 heavy (non-hydrogen) atoms. The lowest BCUT2D eigenvalue weighted by molar-refractivity contribution is -0.112. The Morgan fingerprint density at radius 2 is 1.84 bits per heavy atom. The van der Waals surface area contributed by atoms with Crippen LogP contribution in [0.2, 0.25) is 5.02 Å². The summed E-state index contributed by atoms with van der Waals surface area (Å²) in [6.07, 6.45) is -1.42. The molecule has 0 aliphatic rings. The number of aliphatic hydroxyl groups is 1. The minimum absolute atomic E-state index is 0.0403. The first-order valence-corrected chi connectivity index (χ1v) is 13.9. The van der Waals surface area contributed by atoms with Crippen LogP contribution in [0.5, 0.6) is 11.5 Å². The molecule has 2 atom stereocenters. The maximum Gasteiger partial charge on any atom is 0.272 e. The fraction of sp³-hybridized carbons (Fsp3) is 0.333. The van der Waals surface area contributed by atoms with E-state index in [4.69, 9.17) is 35.1 Å². The number of anilines is 1. The number of hydrogen-bond acceptors (Lipinski definition) is 11. The molecule has 2 unspecified atom stereocenters. The molecule has 3 heterocycles. The summed E-state index contributed by atoms with van der Waals surface area (Å²) in [5.41, 5.74) is 0.512. The van der Waals surface area contributed by atoms with Crippen LogP contribution in [0.15, 0.2) is 45.9 Å². The van der Waals surface area contributed by atoms with Crippen LogP contribution in [0, 0.1) is 6.92 Å². The number of benzene rings is 1. The van der Waals surface area contributed by atoms with E-state index in [1.807, 2.05) is 0 Å². The van der Waals surface area contributed by atoms with E-state index in [-0.39, 0.29) is 43.9 Å². The largest absolute Gasteiger partial charge is 0.496 e. The van der Waals surface area contributed by atoms with Gasteiger partial charge in [-0.3, -0.25) is 0 Å². The first-order valence-electron chi connectivity index (χ1n) is 11.3. The highest BCUT2D eigenvalue weighted by molar-refractivity contribution is 7.93. The predicted octanol–water partition coefficient (Wildman–Crippen LogP) is 4.51. The van der Waals surface area contributed by atoms with Gasteiger partial charge in [0.25, 0.3) is 22.3 Å². The SMILES string of the molecule is CCOC(OC)N(c1onc(C)c1Cl)S(=O)(=O)c1c(C(O)c2c(OC)cccc2OC)sc2ncccc12. The quantitative estimate of drug-likeness (QED) is 0.251. The van der Waals surface area contributed by atoms with Crippen molar-refractivity contribution in [2.45, 2.75) is 31.3 Å². The summed E-state index contributed by atoms with van der Waals surface area (Å²) in [6, 6.07) is 8.16. The number of fused-ring (bicyclic) bond motifs is 1. The predicted molar refractivity (Wildman–Crippen MR) is 142 cm³/mol. The molecule has 0 saturated heterocycles. The Kier molecular flexibility index (Phi) is 8.45. The summed E-state index contributed by atoms with van der Waals surface area (Å²) in [7, 11) is -0.447. The summed E-state index contributed by atoms with van der Waals surface area (Å²) in [5, 5.41) is 15.7. The summed E-state index contributed by atoms with van der Waals surface area (Å²) in [5.74, 6) is 0.309. The van der Waals surface area contributed by atoms with Crippen LogP contribution in [0.4, 0.5) is 5.88 Å². The number of sulfonamides is 1. The van der Waals surface area contributed by atoms with Crippen LogP contribution >= 0.6 is 22.9 Å². The number of pyridine rings is 1. The van der Waals surface area contributed by atoms with Gasteiger partial charge in [-0.05, 0) is 38.1 Å². The van der Waals surface area contributed by atoms with Crippen LogP contribution in [0.25, 0.3) is 10.2 Å². The molecule has 0 aliphatic carbocycles. The van der Waals surface area contributed by atoms with Crippen LogP contribution < -0.4 is 13.8 Å². The van der Waals surface area contributed by atoms with E-state index < -0.39 is 22.5 Å². The fourth-order valence-corrected chi connectivity index (χ4v) is 7.40. The van der Waals surface area contributed by atoms with Crippen molar-refractivity contribution in [3.63, 3.8) is 0 Å². The maximum atomic E-state index is 14.5. The van der Waals surface area contributed by atoms with E-state index in [1.165, 1.54) is 27.5 Å². The highest BCUT2D eigenvalue weighted by Crippen LogP contribution is 2.47. The van der Waals surface area contributed by atoms with Crippen molar-refractivity contribution in [2.24, 2.45) is 0 Å². The van der Waals surface area contributed by atoms with Crippen molar-refractivity contribution < 1.29 is 37.0 Å². The fourth-order valence-electron chi connectivity index (χ4n) is 3.93. The van der Waals surface area contributed by atoms with Gasteiger partial charge in [0.15, 0.2) is 0 Å². The van der Waals surface area contributed by atoms with Gasteiger partial charge in [0.2, 0.25) is 0 Å². The van der Waals surface area contributed by atoms with E-state index in [0.29, 0.717) is 16.3 Å².